The fourth-order valence-electron chi connectivity index (χ4n) is 2.29. The number of aliphatic hydroxyl groups is 1. The van der Waals surface area contributed by atoms with Crippen molar-refractivity contribution in [2.45, 2.75) is 32.4 Å². The van der Waals surface area contributed by atoms with Gasteiger partial charge in [0.05, 0.1) is 19.3 Å². The molecule has 0 radical (unpaired) electrons. The third-order valence-corrected chi connectivity index (χ3v) is 3.54. The summed E-state index contributed by atoms with van der Waals surface area (Å²) in [5.74, 6) is 0.898. The number of hydrogen-bond acceptors (Lipinski definition) is 4. The second-order valence-electron chi connectivity index (χ2n) is 5.51. The number of fused-ring (bicyclic) bond motifs is 1. The van der Waals surface area contributed by atoms with Crippen LogP contribution in [0.4, 0.5) is 0 Å². The average Bonchev–Trinajstić information content (AvgIpc) is 2.95. The quantitative estimate of drug-likeness (QED) is 0.942. The summed E-state index contributed by atoms with van der Waals surface area (Å²) in [6, 6.07) is 3.83. The second kappa shape index (κ2) is 4.75. The van der Waals surface area contributed by atoms with Gasteiger partial charge in [-0.2, -0.15) is 0 Å². The highest BCUT2D eigenvalue weighted by atomic mass is 35.5. The maximum absolute atomic E-state index is 9.91. The van der Waals surface area contributed by atoms with Gasteiger partial charge in [0.2, 0.25) is 0 Å². The van der Waals surface area contributed by atoms with E-state index < -0.39 is 5.60 Å². The molecule has 6 heteroatoms. The lowest BCUT2D eigenvalue weighted by Crippen LogP contribution is -2.15. The highest BCUT2D eigenvalue weighted by Gasteiger charge is 2.22. The minimum Gasteiger partial charge on any atom is -0.493 e. The minimum atomic E-state index is -0.995. The van der Waals surface area contributed by atoms with Crippen LogP contribution in [0.1, 0.15) is 30.7 Å². The van der Waals surface area contributed by atoms with E-state index in [4.69, 9.17) is 16.3 Å². The number of halogens is 1. The number of rotatable bonds is 3. The largest absolute Gasteiger partial charge is 0.493 e. The van der Waals surface area contributed by atoms with Gasteiger partial charge in [0.15, 0.2) is 0 Å². The number of ether oxygens (including phenoxy) is 1. The van der Waals surface area contributed by atoms with Crippen molar-refractivity contribution in [2.75, 3.05) is 6.61 Å². The Morgan fingerprint density at radius 2 is 2.25 bits per heavy atom. The zero-order valence-corrected chi connectivity index (χ0v) is 12.2. The predicted molar refractivity (Wildman–Crippen MR) is 75.0 cm³/mol. The van der Waals surface area contributed by atoms with Crippen molar-refractivity contribution >= 4 is 11.6 Å². The highest BCUT2D eigenvalue weighted by molar-refractivity contribution is 6.30. The molecule has 5 nitrogen and oxygen atoms in total. The molecule has 0 unspecified atom stereocenters. The first-order valence-electron chi connectivity index (χ1n) is 6.50. The Morgan fingerprint density at radius 3 is 2.95 bits per heavy atom. The first-order valence-corrected chi connectivity index (χ1v) is 6.88. The number of hydrogen-bond donors (Lipinski definition) is 1. The van der Waals surface area contributed by atoms with Crippen LogP contribution in [0, 0.1) is 0 Å². The lowest BCUT2D eigenvalue weighted by molar-refractivity contribution is 0.0737. The van der Waals surface area contributed by atoms with Gasteiger partial charge >= 0.3 is 0 Å². The highest BCUT2D eigenvalue weighted by Crippen LogP contribution is 2.33. The van der Waals surface area contributed by atoms with E-state index in [9.17, 15) is 5.11 Å². The molecular weight excluding hydrogens is 278 g/mol. The Balaban J connectivity index is 1.90. The average molecular weight is 294 g/mol. The van der Waals surface area contributed by atoms with E-state index in [1.54, 1.807) is 24.7 Å². The molecule has 0 bridgehead atoms. The van der Waals surface area contributed by atoms with Crippen molar-refractivity contribution in [2.24, 2.45) is 0 Å². The van der Waals surface area contributed by atoms with E-state index in [1.165, 1.54) is 0 Å². The Bertz CT molecular complexity index is 646. The molecule has 0 spiro atoms. The summed E-state index contributed by atoms with van der Waals surface area (Å²) in [7, 11) is 0. The fraction of sp³-hybridized carbons (Fsp3) is 0.429. The van der Waals surface area contributed by atoms with Crippen molar-refractivity contribution in [1.82, 2.24) is 15.0 Å². The zero-order chi connectivity index (χ0) is 14.3. The summed E-state index contributed by atoms with van der Waals surface area (Å²) in [5.41, 5.74) is 1.66. The minimum absolute atomic E-state index is 0.520. The third kappa shape index (κ3) is 2.51. The van der Waals surface area contributed by atoms with E-state index in [0.29, 0.717) is 23.9 Å². The zero-order valence-electron chi connectivity index (χ0n) is 11.4. The first-order chi connectivity index (χ1) is 9.43. The molecule has 1 aliphatic rings. The van der Waals surface area contributed by atoms with Crippen molar-refractivity contribution < 1.29 is 9.84 Å². The molecule has 1 N–H and O–H groups in total. The molecule has 0 fully saturated rings. The molecule has 0 saturated heterocycles. The van der Waals surface area contributed by atoms with E-state index in [1.807, 2.05) is 12.1 Å². The first kappa shape index (κ1) is 13.4. The monoisotopic (exact) mass is 293 g/mol. The molecule has 0 saturated carbocycles. The Labute approximate surface area is 122 Å². The number of aromatic nitrogens is 3. The van der Waals surface area contributed by atoms with Crippen LogP contribution in [0.5, 0.6) is 5.75 Å². The van der Waals surface area contributed by atoms with Gasteiger partial charge in [0.25, 0.3) is 0 Å². The summed E-state index contributed by atoms with van der Waals surface area (Å²) >= 11 is 6.13. The molecule has 0 aliphatic carbocycles. The fourth-order valence-corrected chi connectivity index (χ4v) is 2.56. The molecule has 1 aliphatic heterocycles. The van der Waals surface area contributed by atoms with Crippen molar-refractivity contribution in [3.8, 4) is 5.75 Å². The molecule has 0 amide bonds. The molecular formula is C14H16ClN3O2. The van der Waals surface area contributed by atoms with Crippen molar-refractivity contribution in [3.63, 3.8) is 0 Å². The Hall–Kier alpha value is -1.59. The lowest BCUT2D eigenvalue weighted by Gasteiger charge is -2.12. The third-order valence-electron chi connectivity index (χ3n) is 3.32. The standard InChI is InChI=1S/C14H16ClN3O2/c1-14(2,19)12-8-18(17-16-12)7-10-6-11(15)5-9-3-4-20-13(9)10/h5-6,8,19H,3-4,7H2,1-2H3. The van der Waals surface area contributed by atoms with Gasteiger partial charge < -0.3 is 9.84 Å². The summed E-state index contributed by atoms with van der Waals surface area (Å²) < 4.78 is 7.34. The Morgan fingerprint density at radius 1 is 1.45 bits per heavy atom. The van der Waals surface area contributed by atoms with Crippen molar-refractivity contribution in [3.05, 3.63) is 40.2 Å². The molecule has 106 valence electrons. The van der Waals surface area contributed by atoms with E-state index in [-0.39, 0.29) is 0 Å². The summed E-state index contributed by atoms with van der Waals surface area (Å²) in [4.78, 5) is 0. The predicted octanol–water partition coefficient (Wildman–Crippen LogP) is 2.14. The molecule has 2 aromatic rings. The second-order valence-corrected chi connectivity index (χ2v) is 5.95. The lowest BCUT2D eigenvalue weighted by atomic mass is 10.1. The molecule has 2 heterocycles. The van der Waals surface area contributed by atoms with Crippen LogP contribution in [0.15, 0.2) is 18.3 Å². The van der Waals surface area contributed by atoms with Crippen LogP contribution in [-0.2, 0) is 18.6 Å². The molecule has 1 aromatic carbocycles. The van der Waals surface area contributed by atoms with E-state index >= 15 is 0 Å². The van der Waals surface area contributed by atoms with Gasteiger partial charge in [-0.3, -0.25) is 0 Å². The van der Waals surface area contributed by atoms with Crippen LogP contribution >= 0.6 is 11.6 Å². The summed E-state index contributed by atoms with van der Waals surface area (Å²) in [6.45, 7) is 4.57. The van der Waals surface area contributed by atoms with Crippen LogP contribution < -0.4 is 4.74 Å². The van der Waals surface area contributed by atoms with E-state index in [2.05, 4.69) is 10.3 Å². The van der Waals surface area contributed by atoms with Gasteiger partial charge in [-0.25, -0.2) is 4.68 Å². The smallest absolute Gasteiger partial charge is 0.127 e. The van der Waals surface area contributed by atoms with Gasteiger partial charge in [0.1, 0.15) is 17.0 Å². The SMILES string of the molecule is CC(C)(O)c1cn(Cc2cc(Cl)cc3c2OCC3)nn1. The topological polar surface area (TPSA) is 60.2 Å². The van der Waals surface area contributed by atoms with Crippen LogP contribution in [0.25, 0.3) is 0 Å². The van der Waals surface area contributed by atoms with Crippen LogP contribution in [0.2, 0.25) is 5.02 Å². The van der Waals surface area contributed by atoms with Crippen LogP contribution in [0.3, 0.4) is 0 Å². The maximum Gasteiger partial charge on any atom is 0.127 e. The molecule has 3 rings (SSSR count). The van der Waals surface area contributed by atoms with Gasteiger partial charge in [-0.1, -0.05) is 16.8 Å². The normalized spacial score (nSPS) is 14.2. The van der Waals surface area contributed by atoms with Gasteiger partial charge in [0, 0.05) is 17.0 Å². The maximum atomic E-state index is 9.91. The Kier molecular flexibility index (Phi) is 3.18. The molecule has 1 aromatic heterocycles. The molecule has 20 heavy (non-hydrogen) atoms. The van der Waals surface area contributed by atoms with E-state index in [0.717, 1.165) is 23.3 Å². The number of benzene rings is 1. The van der Waals surface area contributed by atoms with Gasteiger partial charge in [-0.15, -0.1) is 5.10 Å². The summed E-state index contributed by atoms with van der Waals surface area (Å²) in [6.07, 6.45) is 2.62. The van der Waals surface area contributed by atoms with Crippen LogP contribution in [-0.4, -0.2) is 26.7 Å². The molecule has 0 atom stereocenters. The van der Waals surface area contributed by atoms with Crippen molar-refractivity contribution in [1.29, 1.82) is 0 Å². The number of nitrogens with zero attached hydrogens (tertiary/aromatic N) is 3. The van der Waals surface area contributed by atoms with Gasteiger partial charge in [-0.05, 0) is 31.5 Å². The summed E-state index contributed by atoms with van der Waals surface area (Å²) in [5, 5.41) is 18.6.